The molecule has 0 fully saturated rings. The molecule has 0 aliphatic heterocycles. The highest BCUT2D eigenvalue weighted by atomic mass is 16.6. The van der Waals surface area contributed by atoms with E-state index in [0.29, 0.717) is 0 Å². The lowest BCUT2D eigenvalue weighted by molar-refractivity contribution is -0.0278. The number of aliphatic hydroxyl groups excluding tert-OH is 3. The number of hydrogen-bond donors (Lipinski definition) is 4. The summed E-state index contributed by atoms with van der Waals surface area (Å²) in [7, 11) is 0. The van der Waals surface area contributed by atoms with Crippen molar-refractivity contribution in [3.8, 4) is 0 Å². The van der Waals surface area contributed by atoms with Crippen molar-refractivity contribution in [2.75, 3.05) is 0 Å². The van der Waals surface area contributed by atoms with Crippen LogP contribution in [-0.2, 0) is 4.74 Å². The van der Waals surface area contributed by atoms with Gasteiger partial charge in [-0.2, -0.15) is 0 Å². The largest absolute Gasteiger partial charge is 0.442 e. The van der Waals surface area contributed by atoms with Gasteiger partial charge < -0.3 is 25.8 Å². The molecule has 6 nitrogen and oxygen atoms in total. The predicted octanol–water partition coefficient (Wildman–Crippen LogP) is -1.12. The lowest BCUT2D eigenvalue weighted by Crippen LogP contribution is -2.36. The zero-order valence-electron chi connectivity index (χ0n) is 8.11. The van der Waals surface area contributed by atoms with Crippen LogP contribution in [0.4, 0.5) is 4.79 Å². The van der Waals surface area contributed by atoms with Gasteiger partial charge >= 0.3 is 6.09 Å². The van der Waals surface area contributed by atoms with Gasteiger partial charge in [0.15, 0.2) is 0 Å². The molecule has 0 saturated carbocycles. The number of rotatable bonds is 1. The lowest BCUT2D eigenvalue weighted by atomic mass is 9.97. The lowest BCUT2D eigenvalue weighted by Gasteiger charge is -2.25. The normalized spacial score (nSPS) is 36.7. The number of nitrogens with two attached hydrogens (primary N) is 1. The molecule has 1 aliphatic rings. The number of aliphatic hydroxyl groups is 3. The van der Waals surface area contributed by atoms with Gasteiger partial charge in [0.1, 0.15) is 6.10 Å². The van der Waals surface area contributed by atoms with E-state index in [0.717, 1.165) is 0 Å². The van der Waals surface area contributed by atoms with Gasteiger partial charge in [0, 0.05) is 12.8 Å². The van der Waals surface area contributed by atoms with Crippen LogP contribution >= 0.6 is 0 Å². The van der Waals surface area contributed by atoms with Crippen LogP contribution in [0.5, 0.6) is 0 Å². The van der Waals surface area contributed by atoms with Gasteiger partial charge in [-0.25, -0.2) is 4.79 Å². The van der Waals surface area contributed by atoms with Crippen LogP contribution in [-0.4, -0.2) is 45.8 Å². The van der Waals surface area contributed by atoms with Crippen molar-refractivity contribution in [2.24, 2.45) is 5.73 Å². The van der Waals surface area contributed by atoms with E-state index in [4.69, 9.17) is 5.73 Å². The van der Waals surface area contributed by atoms with Crippen molar-refractivity contribution in [1.29, 1.82) is 0 Å². The molecule has 0 aromatic rings. The third kappa shape index (κ3) is 3.86. The maximum Gasteiger partial charge on any atom is 0.405 e. The summed E-state index contributed by atoms with van der Waals surface area (Å²) in [5, 5.41) is 28.2. The van der Waals surface area contributed by atoms with Crippen molar-refractivity contribution in [2.45, 2.75) is 37.3 Å². The molecule has 4 atom stereocenters. The molecule has 1 aliphatic carbocycles. The topological polar surface area (TPSA) is 113 Å². The molecule has 0 aromatic carbocycles. The molecule has 5 N–H and O–H groups in total. The molecule has 0 bridgehead atoms. The quantitative estimate of drug-likeness (QED) is 0.416. The van der Waals surface area contributed by atoms with Gasteiger partial charge in [0.25, 0.3) is 0 Å². The van der Waals surface area contributed by atoms with E-state index in [1.807, 2.05) is 0 Å². The highest BCUT2D eigenvalue weighted by Gasteiger charge is 2.25. The zero-order chi connectivity index (χ0) is 11.4. The van der Waals surface area contributed by atoms with Gasteiger partial charge in [-0.3, -0.25) is 0 Å². The molecular formula is C9H15NO5. The minimum absolute atomic E-state index is 0.0565. The fourth-order valence-corrected chi connectivity index (χ4v) is 1.45. The summed E-state index contributed by atoms with van der Waals surface area (Å²) in [6, 6.07) is 0. The third-order valence-electron chi connectivity index (χ3n) is 2.22. The average Bonchev–Trinajstić information content (AvgIpc) is 2.11. The summed E-state index contributed by atoms with van der Waals surface area (Å²) in [4.78, 5) is 10.5. The minimum atomic E-state index is -1.05. The molecule has 15 heavy (non-hydrogen) atoms. The van der Waals surface area contributed by atoms with Crippen molar-refractivity contribution < 1.29 is 24.9 Å². The molecule has 4 unspecified atom stereocenters. The van der Waals surface area contributed by atoms with Crippen molar-refractivity contribution in [1.82, 2.24) is 0 Å². The van der Waals surface area contributed by atoms with E-state index in [2.05, 4.69) is 4.74 Å². The minimum Gasteiger partial charge on any atom is -0.442 e. The molecule has 1 rings (SSSR count). The van der Waals surface area contributed by atoms with Gasteiger partial charge in [0.2, 0.25) is 0 Å². The Morgan fingerprint density at radius 2 is 1.80 bits per heavy atom. The average molecular weight is 217 g/mol. The van der Waals surface area contributed by atoms with Crippen LogP contribution in [0.3, 0.4) is 0 Å². The number of primary amides is 1. The summed E-state index contributed by atoms with van der Waals surface area (Å²) in [5.41, 5.74) is 4.83. The number of hydrogen-bond acceptors (Lipinski definition) is 5. The summed E-state index contributed by atoms with van der Waals surface area (Å²) in [6.07, 6.45) is -1.66. The first kappa shape index (κ1) is 12.0. The van der Waals surface area contributed by atoms with Crippen LogP contribution in [0, 0.1) is 0 Å². The van der Waals surface area contributed by atoms with E-state index in [-0.39, 0.29) is 12.8 Å². The van der Waals surface area contributed by atoms with Gasteiger partial charge in [0.05, 0.1) is 18.3 Å². The SMILES string of the molecule is NC(=O)OC1C=CC(O)CC(O)C(O)C1. The molecule has 0 radical (unpaired) electrons. The summed E-state index contributed by atoms with van der Waals surface area (Å²) < 4.78 is 4.66. The Balaban J connectivity index is 2.67. The predicted molar refractivity (Wildman–Crippen MR) is 50.9 cm³/mol. The molecule has 0 spiro atoms. The zero-order valence-corrected chi connectivity index (χ0v) is 8.11. The van der Waals surface area contributed by atoms with Crippen molar-refractivity contribution in [3.63, 3.8) is 0 Å². The van der Waals surface area contributed by atoms with Crippen LogP contribution in [0.2, 0.25) is 0 Å². The molecular weight excluding hydrogens is 202 g/mol. The first-order chi connectivity index (χ1) is 6.99. The second kappa shape index (κ2) is 5.11. The van der Waals surface area contributed by atoms with E-state index in [1.54, 1.807) is 0 Å². The van der Waals surface area contributed by atoms with Gasteiger partial charge in [-0.15, -0.1) is 0 Å². The Bertz CT molecular complexity index is 255. The number of ether oxygens (including phenoxy) is 1. The molecule has 0 aromatic heterocycles. The number of carbonyl (C=O) groups excluding carboxylic acids is 1. The second-order valence-corrected chi connectivity index (χ2v) is 3.53. The van der Waals surface area contributed by atoms with Crippen molar-refractivity contribution >= 4 is 6.09 Å². The van der Waals surface area contributed by atoms with Crippen LogP contribution < -0.4 is 5.73 Å². The van der Waals surface area contributed by atoms with Gasteiger partial charge in [-0.1, -0.05) is 6.08 Å². The van der Waals surface area contributed by atoms with Crippen LogP contribution in [0.25, 0.3) is 0 Å². The first-order valence-corrected chi connectivity index (χ1v) is 4.67. The summed E-state index contributed by atoms with van der Waals surface area (Å²) in [5.74, 6) is 0. The van der Waals surface area contributed by atoms with E-state index in [1.165, 1.54) is 12.2 Å². The molecule has 86 valence electrons. The Morgan fingerprint density at radius 1 is 1.20 bits per heavy atom. The Hall–Kier alpha value is -1.11. The standard InChI is InChI=1S/C9H15NO5/c10-9(14)15-6-2-1-5(11)3-7(12)8(13)4-6/h1-2,5-8,11-13H,3-4H2,(H2,10,14). The fraction of sp³-hybridized carbons (Fsp3) is 0.667. The van der Waals surface area contributed by atoms with E-state index >= 15 is 0 Å². The number of amides is 1. The number of carbonyl (C=O) groups is 1. The van der Waals surface area contributed by atoms with Crippen LogP contribution in [0.15, 0.2) is 12.2 Å². The smallest absolute Gasteiger partial charge is 0.405 e. The highest BCUT2D eigenvalue weighted by Crippen LogP contribution is 2.16. The summed E-state index contributed by atoms with van der Waals surface area (Å²) >= 11 is 0. The third-order valence-corrected chi connectivity index (χ3v) is 2.22. The van der Waals surface area contributed by atoms with Crippen molar-refractivity contribution in [3.05, 3.63) is 12.2 Å². The summed E-state index contributed by atoms with van der Waals surface area (Å²) in [6.45, 7) is 0. The maximum atomic E-state index is 10.5. The fourth-order valence-electron chi connectivity index (χ4n) is 1.45. The Labute approximate surface area is 87.0 Å². The molecule has 0 heterocycles. The molecule has 6 heteroatoms. The second-order valence-electron chi connectivity index (χ2n) is 3.53. The Kier molecular flexibility index (Phi) is 4.07. The highest BCUT2D eigenvalue weighted by molar-refractivity contribution is 5.65. The monoisotopic (exact) mass is 217 g/mol. The molecule has 0 saturated heterocycles. The first-order valence-electron chi connectivity index (χ1n) is 4.67. The molecule has 1 amide bonds. The van der Waals surface area contributed by atoms with E-state index in [9.17, 15) is 20.1 Å². The Morgan fingerprint density at radius 3 is 2.40 bits per heavy atom. The van der Waals surface area contributed by atoms with Gasteiger partial charge in [-0.05, 0) is 6.08 Å². The van der Waals surface area contributed by atoms with Crippen LogP contribution in [0.1, 0.15) is 12.8 Å². The maximum absolute atomic E-state index is 10.5. The van der Waals surface area contributed by atoms with E-state index < -0.39 is 30.5 Å².